The normalized spacial score (nSPS) is 10.8. The number of hydrogen-bond donors (Lipinski definition) is 3. The lowest BCUT2D eigenvalue weighted by Crippen LogP contribution is -2.14. The maximum atomic E-state index is 12.5. The van der Waals surface area contributed by atoms with E-state index in [2.05, 4.69) is 15.4 Å². The fraction of sp³-hybridized carbons (Fsp3) is 0.0870. The van der Waals surface area contributed by atoms with Crippen molar-refractivity contribution in [3.05, 3.63) is 83.9 Å². The molecule has 3 N–H and O–H groups in total. The van der Waals surface area contributed by atoms with E-state index in [1.807, 2.05) is 0 Å². The lowest BCUT2D eigenvalue weighted by molar-refractivity contribution is -0.114. The zero-order valence-corrected chi connectivity index (χ0v) is 18.2. The van der Waals surface area contributed by atoms with Gasteiger partial charge in [-0.1, -0.05) is 12.1 Å². The topological polar surface area (TPSA) is 121 Å². The van der Waals surface area contributed by atoms with E-state index in [0.29, 0.717) is 22.5 Å². The average molecular weight is 452 g/mol. The molecule has 0 atom stereocenters. The Balaban J connectivity index is 1.65. The highest BCUT2D eigenvalue weighted by Crippen LogP contribution is 2.19. The van der Waals surface area contributed by atoms with Crippen LogP contribution in [0.3, 0.4) is 0 Å². The molecule has 164 valence electrons. The molecule has 0 bridgehead atoms. The third kappa shape index (κ3) is 5.79. The van der Waals surface area contributed by atoms with Crippen molar-refractivity contribution in [1.82, 2.24) is 0 Å². The molecule has 0 aromatic heterocycles. The van der Waals surface area contributed by atoms with Crippen molar-refractivity contribution in [1.29, 1.82) is 0 Å². The number of carbonyl (C=O) groups is 3. The summed E-state index contributed by atoms with van der Waals surface area (Å²) in [6, 6.07) is 18.2. The van der Waals surface area contributed by atoms with Crippen LogP contribution in [0.2, 0.25) is 0 Å². The molecular formula is C23H21N3O5S. The molecule has 32 heavy (non-hydrogen) atoms. The Morgan fingerprint density at radius 1 is 0.625 bits per heavy atom. The first-order chi connectivity index (χ1) is 15.1. The summed E-state index contributed by atoms with van der Waals surface area (Å²) in [5, 5.41) is 5.37. The molecule has 0 saturated carbocycles. The minimum absolute atomic E-state index is 0.0204. The van der Waals surface area contributed by atoms with Crippen LogP contribution in [0, 0.1) is 0 Å². The molecule has 8 nitrogen and oxygen atoms in total. The predicted octanol–water partition coefficient (Wildman–Crippen LogP) is 3.90. The minimum Gasteiger partial charge on any atom is -0.326 e. The summed E-state index contributed by atoms with van der Waals surface area (Å²) in [7, 11) is -3.84. The Bertz CT molecular complexity index is 1250. The molecule has 0 radical (unpaired) electrons. The second-order valence-electron chi connectivity index (χ2n) is 6.98. The maximum Gasteiger partial charge on any atom is 0.261 e. The zero-order valence-electron chi connectivity index (χ0n) is 17.4. The molecule has 3 aromatic rings. The largest absolute Gasteiger partial charge is 0.326 e. The summed E-state index contributed by atoms with van der Waals surface area (Å²) in [5.74, 6) is -0.712. The van der Waals surface area contributed by atoms with E-state index in [0.717, 1.165) is 0 Å². The van der Waals surface area contributed by atoms with Gasteiger partial charge in [0.25, 0.3) is 15.9 Å². The number of hydrogen-bond acceptors (Lipinski definition) is 5. The fourth-order valence-corrected chi connectivity index (χ4v) is 3.87. The first kappa shape index (κ1) is 22.7. The van der Waals surface area contributed by atoms with Gasteiger partial charge < -0.3 is 10.6 Å². The monoisotopic (exact) mass is 451 g/mol. The van der Waals surface area contributed by atoms with Crippen LogP contribution in [0.4, 0.5) is 17.1 Å². The fourth-order valence-electron chi connectivity index (χ4n) is 2.82. The van der Waals surface area contributed by atoms with Crippen molar-refractivity contribution in [2.45, 2.75) is 18.7 Å². The van der Waals surface area contributed by atoms with Crippen molar-refractivity contribution in [2.75, 3.05) is 15.4 Å². The van der Waals surface area contributed by atoms with Gasteiger partial charge in [-0.15, -0.1) is 0 Å². The number of ketones is 1. The molecule has 0 unspecified atom stereocenters. The van der Waals surface area contributed by atoms with Crippen LogP contribution in [0.25, 0.3) is 0 Å². The molecule has 0 aliphatic carbocycles. The lowest BCUT2D eigenvalue weighted by Gasteiger charge is -2.10. The third-order valence-corrected chi connectivity index (χ3v) is 5.83. The Kier molecular flexibility index (Phi) is 6.70. The molecule has 3 rings (SSSR count). The SMILES string of the molecule is CC(=O)Nc1ccc(NC(=O)c2ccc(NS(=O)(=O)c3ccc(C(C)=O)cc3)cc2)cc1. The van der Waals surface area contributed by atoms with Gasteiger partial charge in [0.2, 0.25) is 5.91 Å². The number of sulfonamides is 1. The standard InChI is InChI=1S/C23H21N3O5S/c1-15(27)17-5-13-22(14-6-17)32(30,31)26-21-7-3-18(4-8-21)23(29)25-20-11-9-19(10-12-20)24-16(2)28/h3-14,26H,1-2H3,(H,24,28)(H,25,29). The molecule has 9 heteroatoms. The molecule has 0 aliphatic rings. The van der Waals surface area contributed by atoms with Gasteiger partial charge in [-0.3, -0.25) is 19.1 Å². The van der Waals surface area contributed by atoms with E-state index in [-0.39, 0.29) is 28.2 Å². The van der Waals surface area contributed by atoms with Gasteiger partial charge in [0.1, 0.15) is 0 Å². The summed E-state index contributed by atoms with van der Waals surface area (Å²) < 4.78 is 27.5. The first-order valence-corrected chi connectivity index (χ1v) is 11.1. The molecule has 0 saturated heterocycles. The Morgan fingerprint density at radius 2 is 1.09 bits per heavy atom. The molecule has 3 aromatic carbocycles. The van der Waals surface area contributed by atoms with E-state index < -0.39 is 10.0 Å². The second kappa shape index (κ2) is 9.44. The van der Waals surface area contributed by atoms with Crippen LogP contribution >= 0.6 is 0 Å². The van der Waals surface area contributed by atoms with E-state index in [1.54, 1.807) is 24.3 Å². The lowest BCUT2D eigenvalue weighted by atomic mass is 10.2. The van der Waals surface area contributed by atoms with Gasteiger partial charge in [-0.05, 0) is 67.6 Å². The molecule has 2 amide bonds. The number of Topliss-reactive ketones (excluding diaryl/α,β-unsaturated/α-hetero) is 1. The predicted molar refractivity (Wildman–Crippen MR) is 122 cm³/mol. The van der Waals surface area contributed by atoms with Gasteiger partial charge >= 0.3 is 0 Å². The van der Waals surface area contributed by atoms with Crippen LogP contribution in [0.5, 0.6) is 0 Å². The molecule has 0 spiro atoms. The number of amides is 2. The maximum absolute atomic E-state index is 12.5. The molecular weight excluding hydrogens is 430 g/mol. The highest BCUT2D eigenvalue weighted by atomic mass is 32.2. The smallest absolute Gasteiger partial charge is 0.261 e. The number of anilines is 3. The third-order valence-electron chi connectivity index (χ3n) is 4.43. The quantitative estimate of drug-likeness (QED) is 0.471. The number of nitrogens with one attached hydrogen (secondary N) is 3. The van der Waals surface area contributed by atoms with E-state index >= 15 is 0 Å². The van der Waals surface area contributed by atoms with Crippen molar-refractivity contribution < 1.29 is 22.8 Å². The minimum atomic E-state index is -3.84. The Labute approximate surface area is 185 Å². The zero-order chi connectivity index (χ0) is 23.3. The van der Waals surface area contributed by atoms with Gasteiger partial charge in [0.05, 0.1) is 4.90 Å². The highest BCUT2D eigenvalue weighted by Gasteiger charge is 2.15. The van der Waals surface area contributed by atoms with Crippen LogP contribution in [0.15, 0.2) is 77.7 Å². The van der Waals surface area contributed by atoms with Gasteiger partial charge in [-0.2, -0.15) is 0 Å². The summed E-state index contributed by atoms with van der Waals surface area (Å²) >= 11 is 0. The number of carbonyl (C=O) groups excluding carboxylic acids is 3. The second-order valence-corrected chi connectivity index (χ2v) is 8.66. The number of benzene rings is 3. The summed E-state index contributed by atoms with van der Waals surface area (Å²) in [5.41, 5.74) is 2.21. The summed E-state index contributed by atoms with van der Waals surface area (Å²) in [6.45, 7) is 2.81. The highest BCUT2D eigenvalue weighted by molar-refractivity contribution is 7.92. The van der Waals surface area contributed by atoms with E-state index in [9.17, 15) is 22.8 Å². The van der Waals surface area contributed by atoms with Crippen LogP contribution in [-0.4, -0.2) is 26.0 Å². The summed E-state index contributed by atoms with van der Waals surface area (Å²) in [4.78, 5) is 34.9. The van der Waals surface area contributed by atoms with Crippen molar-refractivity contribution in [3.63, 3.8) is 0 Å². The van der Waals surface area contributed by atoms with E-state index in [1.165, 1.54) is 62.4 Å². The van der Waals surface area contributed by atoms with Crippen LogP contribution in [0.1, 0.15) is 34.6 Å². The van der Waals surface area contributed by atoms with E-state index in [4.69, 9.17) is 0 Å². The van der Waals surface area contributed by atoms with Crippen molar-refractivity contribution in [3.8, 4) is 0 Å². The molecule has 0 aliphatic heterocycles. The Morgan fingerprint density at radius 3 is 1.59 bits per heavy atom. The average Bonchev–Trinajstić information content (AvgIpc) is 2.75. The molecule has 0 fully saturated rings. The number of rotatable bonds is 7. The van der Waals surface area contributed by atoms with Gasteiger partial charge in [0.15, 0.2) is 5.78 Å². The van der Waals surface area contributed by atoms with Gasteiger partial charge in [0, 0.05) is 35.1 Å². The van der Waals surface area contributed by atoms with Crippen LogP contribution < -0.4 is 15.4 Å². The summed E-state index contributed by atoms with van der Waals surface area (Å²) in [6.07, 6.45) is 0. The Hall–Kier alpha value is -3.98. The van der Waals surface area contributed by atoms with Gasteiger partial charge in [-0.25, -0.2) is 8.42 Å². The van der Waals surface area contributed by atoms with Crippen molar-refractivity contribution in [2.24, 2.45) is 0 Å². The van der Waals surface area contributed by atoms with Crippen molar-refractivity contribution >= 4 is 44.7 Å². The first-order valence-electron chi connectivity index (χ1n) is 9.57. The van der Waals surface area contributed by atoms with Crippen LogP contribution in [-0.2, 0) is 14.8 Å². The molecule has 0 heterocycles.